The lowest BCUT2D eigenvalue weighted by molar-refractivity contribution is 0.357. The number of phenols is 1. The number of aryl methyl sites for hydroxylation is 1. The van der Waals surface area contributed by atoms with Gasteiger partial charge in [-0.1, -0.05) is 24.3 Å². The zero-order chi connectivity index (χ0) is 15.4. The Morgan fingerprint density at radius 3 is 2.73 bits per heavy atom. The van der Waals surface area contributed by atoms with Crippen molar-refractivity contribution >= 4 is 0 Å². The SMILES string of the molecule is CC(CCc1ccc(O)cc1)NCc1ccc2c(c1)CCO2. The van der Waals surface area contributed by atoms with Crippen LogP contribution in [0.15, 0.2) is 42.5 Å². The first-order chi connectivity index (χ1) is 10.7. The fourth-order valence-electron chi connectivity index (χ4n) is 2.79. The van der Waals surface area contributed by atoms with Crippen LogP contribution in [0.3, 0.4) is 0 Å². The predicted octanol–water partition coefficient (Wildman–Crippen LogP) is 3.44. The number of fused-ring (bicyclic) bond motifs is 1. The fourth-order valence-corrected chi connectivity index (χ4v) is 2.79. The summed E-state index contributed by atoms with van der Waals surface area (Å²) in [6.45, 7) is 3.93. The van der Waals surface area contributed by atoms with Crippen LogP contribution in [-0.2, 0) is 19.4 Å². The van der Waals surface area contributed by atoms with E-state index in [4.69, 9.17) is 4.74 Å². The van der Waals surface area contributed by atoms with Crippen LogP contribution in [0.5, 0.6) is 11.5 Å². The van der Waals surface area contributed by atoms with Gasteiger partial charge in [0.05, 0.1) is 6.61 Å². The molecular weight excluding hydrogens is 274 g/mol. The van der Waals surface area contributed by atoms with Gasteiger partial charge in [-0.25, -0.2) is 0 Å². The fraction of sp³-hybridized carbons (Fsp3) is 0.368. The quantitative estimate of drug-likeness (QED) is 0.858. The zero-order valence-electron chi connectivity index (χ0n) is 13.0. The Hall–Kier alpha value is -2.00. The topological polar surface area (TPSA) is 41.5 Å². The van der Waals surface area contributed by atoms with Crippen LogP contribution in [0, 0.1) is 0 Å². The van der Waals surface area contributed by atoms with Crippen molar-refractivity contribution in [1.82, 2.24) is 5.32 Å². The summed E-state index contributed by atoms with van der Waals surface area (Å²) in [4.78, 5) is 0. The molecular formula is C19H23NO2. The molecule has 1 atom stereocenters. The number of benzene rings is 2. The maximum Gasteiger partial charge on any atom is 0.122 e. The van der Waals surface area contributed by atoms with Crippen molar-refractivity contribution in [2.45, 2.75) is 38.8 Å². The Kier molecular flexibility index (Phi) is 4.64. The Balaban J connectivity index is 1.46. The number of hydrogen-bond acceptors (Lipinski definition) is 3. The molecule has 0 aliphatic carbocycles. The van der Waals surface area contributed by atoms with Crippen LogP contribution >= 0.6 is 0 Å². The van der Waals surface area contributed by atoms with Gasteiger partial charge >= 0.3 is 0 Å². The third kappa shape index (κ3) is 3.80. The largest absolute Gasteiger partial charge is 0.508 e. The molecule has 22 heavy (non-hydrogen) atoms. The Morgan fingerprint density at radius 1 is 1.14 bits per heavy atom. The molecule has 2 aromatic carbocycles. The third-order valence-electron chi connectivity index (χ3n) is 4.21. The number of nitrogens with one attached hydrogen (secondary N) is 1. The maximum atomic E-state index is 9.29. The van der Waals surface area contributed by atoms with E-state index in [1.807, 2.05) is 12.1 Å². The molecule has 116 valence electrons. The van der Waals surface area contributed by atoms with Gasteiger partial charge < -0.3 is 15.2 Å². The molecule has 2 aromatic rings. The molecule has 3 rings (SSSR count). The van der Waals surface area contributed by atoms with Gasteiger partial charge in [-0.15, -0.1) is 0 Å². The molecule has 2 N–H and O–H groups in total. The highest BCUT2D eigenvalue weighted by molar-refractivity contribution is 5.39. The molecule has 3 nitrogen and oxygen atoms in total. The highest BCUT2D eigenvalue weighted by Crippen LogP contribution is 2.25. The van der Waals surface area contributed by atoms with Crippen molar-refractivity contribution in [2.75, 3.05) is 6.61 Å². The second kappa shape index (κ2) is 6.84. The van der Waals surface area contributed by atoms with E-state index < -0.39 is 0 Å². The predicted molar refractivity (Wildman–Crippen MR) is 88.4 cm³/mol. The van der Waals surface area contributed by atoms with Crippen molar-refractivity contribution in [3.8, 4) is 11.5 Å². The Labute approximate surface area is 131 Å². The molecule has 0 saturated carbocycles. The molecule has 0 aromatic heterocycles. The zero-order valence-corrected chi connectivity index (χ0v) is 13.0. The minimum absolute atomic E-state index is 0.329. The number of aromatic hydroxyl groups is 1. The van der Waals surface area contributed by atoms with Crippen LogP contribution in [0.2, 0.25) is 0 Å². The molecule has 0 fully saturated rings. The van der Waals surface area contributed by atoms with E-state index in [2.05, 4.69) is 30.4 Å². The van der Waals surface area contributed by atoms with E-state index in [9.17, 15) is 5.11 Å². The molecule has 0 saturated heterocycles. The molecule has 0 bridgehead atoms. The highest BCUT2D eigenvalue weighted by atomic mass is 16.5. The summed E-state index contributed by atoms with van der Waals surface area (Å²) in [6, 6.07) is 14.4. The first kappa shape index (κ1) is 14.9. The Morgan fingerprint density at radius 2 is 1.91 bits per heavy atom. The van der Waals surface area contributed by atoms with Crippen LogP contribution < -0.4 is 10.1 Å². The van der Waals surface area contributed by atoms with Crippen molar-refractivity contribution in [1.29, 1.82) is 0 Å². The number of rotatable bonds is 6. The van der Waals surface area contributed by atoms with Gasteiger partial charge in [-0.2, -0.15) is 0 Å². The molecule has 0 radical (unpaired) electrons. The van der Waals surface area contributed by atoms with Crippen LogP contribution in [0.4, 0.5) is 0 Å². The van der Waals surface area contributed by atoms with Gasteiger partial charge in [0.25, 0.3) is 0 Å². The molecule has 0 spiro atoms. The lowest BCUT2D eigenvalue weighted by atomic mass is 10.1. The lowest BCUT2D eigenvalue weighted by Crippen LogP contribution is -2.26. The standard InChI is InChI=1S/C19H23NO2/c1-14(2-3-15-4-7-18(21)8-5-15)20-13-16-6-9-19-17(12-16)10-11-22-19/h4-9,12,14,20-21H,2-3,10-11,13H2,1H3. The minimum atomic E-state index is 0.329. The van der Waals surface area contributed by atoms with Gasteiger partial charge in [0.15, 0.2) is 0 Å². The first-order valence-electron chi connectivity index (χ1n) is 7.96. The summed E-state index contributed by atoms with van der Waals surface area (Å²) < 4.78 is 5.54. The molecule has 3 heteroatoms. The van der Waals surface area contributed by atoms with E-state index in [1.54, 1.807) is 12.1 Å². The van der Waals surface area contributed by atoms with Crippen molar-refractivity contribution in [3.63, 3.8) is 0 Å². The Bertz CT molecular complexity index is 622. The molecule has 1 unspecified atom stereocenters. The van der Waals surface area contributed by atoms with Crippen molar-refractivity contribution < 1.29 is 9.84 Å². The third-order valence-corrected chi connectivity index (χ3v) is 4.21. The smallest absolute Gasteiger partial charge is 0.122 e. The summed E-state index contributed by atoms with van der Waals surface area (Å²) in [6.07, 6.45) is 3.13. The minimum Gasteiger partial charge on any atom is -0.508 e. The lowest BCUT2D eigenvalue weighted by Gasteiger charge is -2.14. The van der Waals surface area contributed by atoms with Gasteiger partial charge in [0, 0.05) is 19.0 Å². The van der Waals surface area contributed by atoms with Gasteiger partial charge in [0.1, 0.15) is 11.5 Å². The normalized spacial score (nSPS) is 14.4. The van der Waals surface area contributed by atoms with Gasteiger partial charge in [-0.3, -0.25) is 0 Å². The summed E-state index contributed by atoms with van der Waals surface area (Å²) in [5.41, 5.74) is 3.91. The monoisotopic (exact) mass is 297 g/mol. The van der Waals surface area contributed by atoms with Gasteiger partial charge in [-0.05, 0) is 54.7 Å². The number of ether oxygens (including phenoxy) is 1. The summed E-state index contributed by atoms with van der Waals surface area (Å²) in [5, 5.41) is 12.9. The molecule has 1 aliphatic rings. The van der Waals surface area contributed by atoms with Crippen LogP contribution in [0.25, 0.3) is 0 Å². The van der Waals surface area contributed by atoms with E-state index in [-0.39, 0.29) is 0 Å². The number of phenolic OH excluding ortho intramolecular Hbond substituents is 1. The summed E-state index contributed by atoms with van der Waals surface area (Å²) in [7, 11) is 0. The highest BCUT2D eigenvalue weighted by Gasteiger charge is 2.12. The second-order valence-corrected chi connectivity index (χ2v) is 6.03. The van der Waals surface area contributed by atoms with Gasteiger partial charge in [0.2, 0.25) is 0 Å². The van der Waals surface area contributed by atoms with Crippen LogP contribution in [0.1, 0.15) is 30.0 Å². The molecule has 1 heterocycles. The summed E-state index contributed by atoms with van der Waals surface area (Å²) in [5.74, 6) is 1.37. The number of hydrogen-bond donors (Lipinski definition) is 2. The van der Waals surface area contributed by atoms with Crippen LogP contribution in [-0.4, -0.2) is 17.8 Å². The summed E-state index contributed by atoms with van der Waals surface area (Å²) >= 11 is 0. The maximum absolute atomic E-state index is 9.29. The van der Waals surface area contributed by atoms with E-state index in [0.29, 0.717) is 11.8 Å². The van der Waals surface area contributed by atoms with Crippen molar-refractivity contribution in [3.05, 3.63) is 59.2 Å². The average Bonchev–Trinajstić information content (AvgIpc) is 3.00. The van der Waals surface area contributed by atoms with E-state index >= 15 is 0 Å². The van der Waals surface area contributed by atoms with Crippen molar-refractivity contribution in [2.24, 2.45) is 0 Å². The first-order valence-corrected chi connectivity index (χ1v) is 7.96. The van der Waals surface area contributed by atoms with E-state index in [1.165, 1.54) is 16.7 Å². The molecule has 1 aliphatic heterocycles. The average molecular weight is 297 g/mol. The van der Waals surface area contributed by atoms with E-state index in [0.717, 1.165) is 38.2 Å². The second-order valence-electron chi connectivity index (χ2n) is 6.03. The molecule has 0 amide bonds.